The van der Waals surface area contributed by atoms with Crippen molar-refractivity contribution in [3.8, 4) is 11.8 Å². The van der Waals surface area contributed by atoms with Crippen LogP contribution in [0.1, 0.15) is 51.9 Å². The molecular weight excluding hydrogens is 474 g/mol. The molecule has 0 radical (unpaired) electrons. The van der Waals surface area contributed by atoms with Crippen LogP contribution in [0.5, 0.6) is 5.75 Å². The Labute approximate surface area is 204 Å². The lowest BCUT2D eigenvalue weighted by molar-refractivity contribution is 0.101. The average Bonchev–Trinajstić information content (AvgIpc) is 3.48. The van der Waals surface area contributed by atoms with Crippen molar-refractivity contribution in [1.29, 1.82) is 5.26 Å². The van der Waals surface area contributed by atoms with Crippen molar-refractivity contribution < 1.29 is 14.4 Å². The Hall–Kier alpha value is -4.43. The first kappa shape index (κ1) is 23.7. The maximum absolute atomic E-state index is 12.9. The van der Waals surface area contributed by atoms with Gasteiger partial charge in [0, 0.05) is 42.7 Å². The van der Waals surface area contributed by atoms with Gasteiger partial charge in [-0.2, -0.15) is 10.4 Å². The SMILES string of the molecule is C[C@H](c1nc(C(=O)Nc2cnoc2)c(O)c(=O)n1C)[C@@H](c1ccccc1Cl)c1cn(C)nc1C#N. The monoisotopic (exact) mass is 493 g/mol. The van der Waals surface area contributed by atoms with Crippen molar-refractivity contribution in [1.82, 2.24) is 24.5 Å². The molecule has 0 aliphatic heterocycles. The van der Waals surface area contributed by atoms with Gasteiger partial charge >= 0.3 is 0 Å². The highest BCUT2D eigenvalue weighted by atomic mass is 35.5. The number of nitrogens with one attached hydrogen (secondary N) is 1. The Bertz CT molecular complexity index is 1500. The van der Waals surface area contributed by atoms with Gasteiger partial charge in [-0.05, 0) is 11.6 Å². The molecule has 1 aromatic carbocycles. The summed E-state index contributed by atoms with van der Waals surface area (Å²) in [7, 11) is 3.14. The summed E-state index contributed by atoms with van der Waals surface area (Å²) in [5.74, 6) is -2.55. The molecule has 0 aliphatic rings. The Morgan fingerprint density at radius 1 is 1.29 bits per heavy atom. The number of halogens is 1. The molecular formula is C23H20ClN7O4. The fraction of sp³-hybridized carbons (Fsp3) is 0.217. The van der Waals surface area contributed by atoms with Crippen molar-refractivity contribution in [3.05, 3.63) is 86.6 Å². The van der Waals surface area contributed by atoms with E-state index in [1.807, 2.05) is 12.1 Å². The number of hydrogen-bond donors (Lipinski definition) is 2. The first-order chi connectivity index (χ1) is 16.7. The molecule has 35 heavy (non-hydrogen) atoms. The maximum atomic E-state index is 12.9. The molecule has 178 valence electrons. The number of anilines is 1. The molecule has 0 saturated heterocycles. The van der Waals surface area contributed by atoms with Gasteiger partial charge in [0.2, 0.25) is 5.75 Å². The molecule has 0 unspecified atom stereocenters. The largest absolute Gasteiger partial charge is 0.501 e. The molecule has 0 spiro atoms. The normalized spacial score (nSPS) is 12.7. The van der Waals surface area contributed by atoms with E-state index < -0.39 is 34.7 Å². The number of rotatable bonds is 6. The summed E-state index contributed by atoms with van der Waals surface area (Å²) in [6.45, 7) is 1.79. The number of carbonyl (C=O) groups is 1. The van der Waals surface area contributed by atoms with Crippen LogP contribution in [0.3, 0.4) is 0 Å². The van der Waals surface area contributed by atoms with E-state index in [4.69, 9.17) is 16.1 Å². The van der Waals surface area contributed by atoms with Gasteiger partial charge in [0.15, 0.2) is 11.4 Å². The van der Waals surface area contributed by atoms with Crippen molar-refractivity contribution in [3.63, 3.8) is 0 Å². The van der Waals surface area contributed by atoms with Crippen LogP contribution < -0.4 is 10.9 Å². The molecule has 2 atom stereocenters. The molecule has 0 fully saturated rings. The molecule has 3 heterocycles. The quantitative estimate of drug-likeness (QED) is 0.416. The molecule has 12 heteroatoms. The van der Waals surface area contributed by atoms with Gasteiger partial charge < -0.3 is 14.9 Å². The number of benzene rings is 1. The van der Waals surface area contributed by atoms with Gasteiger partial charge in [-0.15, -0.1) is 0 Å². The van der Waals surface area contributed by atoms with Crippen LogP contribution in [0.15, 0.2) is 52.2 Å². The highest BCUT2D eigenvalue weighted by Crippen LogP contribution is 2.41. The van der Waals surface area contributed by atoms with E-state index in [1.165, 1.54) is 28.8 Å². The van der Waals surface area contributed by atoms with Gasteiger partial charge in [-0.1, -0.05) is 41.9 Å². The molecule has 0 bridgehead atoms. The minimum absolute atomic E-state index is 0.193. The number of aryl methyl sites for hydroxylation is 1. The summed E-state index contributed by atoms with van der Waals surface area (Å²) < 4.78 is 7.38. The maximum Gasteiger partial charge on any atom is 0.296 e. The summed E-state index contributed by atoms with van der Waals surface area (Å²) in [6, 6.07) is 9.23. The van der Waals surface area contributed by atoms with Gasteiger partial charge in [0.05, 0.1) is 6.20 Å². The Balaban J connectivity index is 1.88. The third-order valence-electron chi connectivity index (χ3n) is 5.65. The van der Waals surface area contributed by atoms with E-state index in [0.717, 1.165) is 0 Å². The highest BCUT2D eigenvalue weighted by Gasteiger charge is 2.33. The van der Waals surface area contributed by atoms with E-state index in [1.54, 1.807) is 32.3 Å². The lowest BCUT2D eigenvalue weighted by Crippen LogP contribution is -2.29. The second-order valence-corrected chi connectivity index (χ2v) is 8.31. The van der Waals surface area contributed by atoms with Crippen molar-refractivity contribution in [2.75, 3.05) is 5.32 Å². The van der Waals surface area contributed by atoms with Crippen LogP contribution in [0.2, 0.25) is 5.02 Å². The zero-order valence-corrected chi connectivity index (χ0v) is 19.7. The number of nitrogens with zero attached hydrogens (tertiary/aromatic N) is 6. The van der Waals surface area contributed by atoms with Crippen LogP contribution in [0, 0.1) is 11.3 Å². The number of aromatic nitrogens is 5. The Kier molecular flexibility index (Phi) is 6.40. The predicted octanol–water partition coefficient (Wildman–Crippen LogP) is 2.92. The Morgan fingerprint density at radius 2 is 2.03 bits per heavy atom. The first-order valence-corrected chi connectivity index (χ1v) is 10.8. The topological polar surface area (TPSA) is 152 Å². The molecule has 3 aromatic heterocycles. The standard InChI is InChI=1S/C23H20ClN7O4/c1-12(18(14-6-4-5-7-16(14)24)15-10-30(2)29-17(15)8-25)21-28-19(20(32)23(34)31(21)3)22(33)27-13-9-26-35-11-13/h4-7,9-12,18,32H,1-3H3,(H,27,33)/t12-,18-/m0/s1. The summed E-state index contributed by atoms with van der Waals surface area (Å²) in [5, 5.41) is 30.8. The molecule has 4 aromatic rings. The minimum atomic E-state index is -0.815. The molecule has 2 N–H and O–H groups in total. The molecule has 0 aliphatic carbocycles. The van der Waals surface area contributed by atoms with Crippen LogP contribution in [0.25, 0.3) is 0 Å². The van der Waals surface area contributed by atoms with Crippen LogP contribution in [0.4, 0.5) is 5.69 Å². The zero-order chi connectivity index (χ0) is 25.3. The summed E-state index contributed by atoms with van der Waals surface area (Å²) >= 11 is 6.54. The molecule has 11 nitrogen and oxygen atoms in total. The van der Waals surface area contributed by atoms with E-state index in [2.05, 4.69) is 26.6 Å². The zero-order valence-electron chi connectivity index (χ0n) is 18.9. The van der Waals surface area contributed by atoms with Crippen LogP contribution >= 0.6 is 11.6 Å². The van der Waals surface area contributed by atoms with Gasteiger partial charge in [-0.25, -0.2) is 4.98 Å². The Morgan fingerprint density at radius 3 is 2.69 bits per heavy atom. The van der Waals surface area contributed by atoms with Gasteiger partial charge in [0.1, 0.15) is 23.8 Å². The number of hydrogen-bond acceptors (Lipinski definition) is 8. The number of nitriles is 1. The number of aromatic hydroxyl groups is 1. The van der Waals surface area contributed by atoms with E-state index in [0.29, 0.717) is 16.1 Å². The van der Waals surface area contributed by atoms with Crippen LogP contribution in [-0.2, 0) is 14.1 Å². The predicted molar refractivity (Wildman–Crippen MR) is 125 cm³/mol. The summed E-state index contributed by atoms with van der Waals surface area (Å²) in [4.78, 5) is 30.1. The second kappa shape index (κ2) is 9.44. The van der Waals surface area contributed by atoms with Gasteiger partial charge in [0.25, 0.3) is 11.5 Å². The van der Waals surface area contributed by atoms with Crippen LogP contribution in [-0.4, -0.2) is 35.5 Å². The van der Waals surface area contributed by atoms with E-state index >= 15 is 0 Å². The lowest BCUT2D eigenvalue weighted by Gasteiger charge is -2.26. The van der Waals surface area contributed by atoms with Crippen molar-refractivity contribution in [2.45, 2.75) is 18.8 Å². The highest BCUT2D eigenvalue weighted by molar-refractivity contribution is 6.31. The van der Waals surface area contributed by atoms with Gasteiger partial charge in [-0.3, -0.25) is 18.8 Å². The van der Waals surface area contributed by atoms with E-state index in [9.17, 15) is 20.0 Å². The summed E-state index contributed by atoms with van der Waals surface area (Å²) in [5.41, 5.74) is 0.424. The molecule has 0 saturated carbocycles. The van der Waals surface area contributed by atoms with Crippen molar-refractivity contribution >= 4 is 23.2 Å². The second-order valence-electron chi connectivity index (χ2n) is 7.90. The third kappa shape index (κ3) is 4.39. The lowest BCUT2D eigenvalue weighted by atomic mass is 9.81. The number of carbonyl (C=O) groups excluding carboxylic acids is 1. The molecule has 1 amide bonds. The summed E-state index contributed by atoms with van der Waals surface area (Å²) in [6.07, 6.45) is 4.17. The van der Waals surface area contributed by atoms with E-state index in [-0.39, 0.29) is 17.2 Å². The smallest absolute Gasteiger partial charge is 0.296 e. The first-order valence-electron chi connectivity index (χ1n) is 10.4. The fourth-order valence-corrected chi connectivity index (χ4v) is 4.29. The van der Waals surface area contributed by atoms with Crippen molar-refractivity contribution in [2.24, 2.45) is 14.1 Å². The fourth-order valence-electron chi connectivity index (χ4n) is 4.03. The molecule has 4 rings (SSSR count). The average molecular weight is 494 g/mol. The minimum Gasteiger partial charge on any atom is -0.501 e. The third-order valence-corrected chi connectivity index (χ3v) is 6.00. The number of amides is 1.